The summed E-state index contributed by atoms with van der Waals surface area (Å²) in [7, 11) is 0. The van der Waals surface area contributed by atoms with Gasteiger partial charge < -0.3 is 5.73 Å². The zero-order valence-electron chi connectivity index (χ0n) is 16.0. The Labute approximate surface area is 191 Å². The maximum absolute atomic E-state index is 6.42. The molecule has 0 bridgehead atoms. The van der Waals surface area contributed by atoms with Gasteiger partial charge in [-0.3, -0.25) is 4.90 Å². The van der Waals surface area contributed by atoms with Crippen LogP contribution in [0, 0.1) is 11.8 Å². The second-order valence-corrected chi connectivity index (χ2v) is 8.29. The Balaban J connectivity index is 0.00000196. The second-order valence-electron chi connectivity index (χ2n) is 7.47. The molecule has 0 spiro atoms. The Hall–Kier alpha value is -0.480. The predicted molar refractivity (Wildman–Crippen MR) is 126 cm³/mol. The fourth-order valence-corrected chi connectivity index (χ4v) is 4.33. The number of nitrogens with zero attached hydrogens (tertiary/aromatic N) is 1. The topological polar surface area (TPSA) is 29.3 Å². The molecule has 28 heavy (non-hydrogen) atoms. The van der Waals surface area contributed by atoms with Gasteiger partial charge in [-0.1, -0.05) is 59.6 Å². The third kappa shape index (κ3) is 7.40. The lowest BCUT2D eigenvalue weighted by Gasteiger charge is -2.33. The van der Waals surface area contributed by atoms with E-state index in [1.165, 1.54) is 36.8 Å². The molecular formula is C22H30Cl4N2. The van der Waals surface area contributed by atoms with E-state index < -0.39 is 0 Å². The maximum Gasteiger partial charge on any atom is 0.0451 e. The van der Waals surface area contributed by atoms with Crippen molar-refractivity contribution in [1.29, 1.82) is 0 Å². The first-order valence-corrected chi connectivity index (χ1v) is 10.3. The Morgan fingerprint density at radius 3 is 1.61 bits per heavy atom. The standard InChI is InChI=1S/C22H28Cl2N2.2ClH/c23-21-7-3-1-5-19(21)15-26(16-20-6-2-4-8-22(20)24)14-18-11-9-17(13-25)10-12-18;;/h1-8,17-18H,9-16,25H2;2*1H/t17-,18-;;. The fraction of sp³-hybridized carbons (Fsp3) is 0.455. The summed E-state index contributed by atoms with van der Waals surface area (Å²) in [5.74, 6) is 1.44. The van der Waals surface area contributed by atoms with Crippen LogP contribution >= 0.6 is 48.0 Å². The molecule has 6 heteroatoms. The molecule has 0 unspecified atom stereocenters. The lowest BCUT2D eigenvalue weighted by molar-refractivity contribution is 0.170. The molecule has 2 N–H and O–H groups in total. The molecule has 156 valence electrons. The van der Waals surface area contributed by atoms with E-state index in [1.54, 1.807) is 0 Å². The summed E-state index contributed by atoms with van der Waals surface area (Å²) < 4.78 is 0. The molecule has 0 aliphatic heterocycles. The molecule has 0 saturated heterocycles. The first-order valence-electron chi connectivity index (χ1n) is 9.55. The van der Waals surface area contributed by atoms with Gasteiger partial charge in [-0.05, 0) is 67.3 Å². The summed E-state index contributed by atoms with van der Waals surface area (Å²) in [4.78, 5) is 2.50. The van der Waals surface area contributed by atoms with Crippen molar-refractivity contribution in [3.63, 3.8) is 0 Å². The highest BCUT2D eigenvalue weighted by molar-refractivity contribution is 6.31. The molecule has 2 aromatic carbocycles. The van der Waals surface area contributed by atoms with Crippen molar-refractivity contribution in [3.05, 3.63) is 69.7 Å². The minimum atomic E-state index is 0. The minimum absolute atomic E-state index is 0. The van der Waals surface area contributed by atoms with E-state index in [4.69, 9.17) is 28.9 Å². The molecule has 0 heterocycles. The van der Waals surface area contributed by atoms with E-state index >= 15 is 0 Å². The van der Waals surface area contributed by atoms with Crippen LogP contribution in [0.4, 0.5) is 0 Å². The number of hydrogen-bond donors (Lipinski definition) is 1. The summed E-state index contributed by atoms with van der Waals surface area (Å²) in [5, 5.41) is 1.67. The number of hydrogen-bond acceptors (Lipinski definition) is 2. The number of halogens is 4. The molecule has 1 fully saturated rings. The highest BCUT2D eigenvalue weighted by Gasteiger charge is 2.23. The Morgan fingerprint density at radius 1 is 0.750 bits per heavy atom. The normalized spacial score (nSPS) is 19.0. The van der Waals surface area contributed by atoms with Gasteiger partial charge in [-0.2, -0.15) is 0 Å². The Morgan fingerprint density at radius 2 is 1.18 bits per heavy atom. The fourth-order valence-electron chi connectivity index (χ4n) is 3.93. The van der Waals surface area contributed by atoms with E-state index in [0.29, 0.717) is 5.92 Å². The predicted octanol–water partition coefficient (Wildman–Crippen LogP) is 6.60. The van der Waals surface area contributed by atoms with E-state index in [2.05, 4.69) is 29.2 Å². The van der Waals surface area contributed by atoms with Crippen LogP contribution in [0.5, 0.6) is 0 Å². The molecular weight excluding hydrogens is 434 g/mol. The largest absolute Gasteiger partial charge is 0.330 e. The summed E-state index contributed by atoms with van der Waals surface area (Å²) in [5.41, 5.74) is 8.20. The number of benzene rings is 2. The quantitative estimate of drug-likeness (QED) is 0.500. The van der Waals surface area contributed by atoms with Crippen molar-refractivity contribution in [2.75, 3.05) is 13.1 Å². The van der Waals surface area contributed by atoms with E-state index in [9.17, 15) is 0 Å². The second kappa shape index (κ2) is 13.0. The molecule has 0 aromatic heterocycles. The average molecular weight is 464 g/mol. The average Bonchev–Trinajstić information content (AvgIpc) is 2.66. The molecule has 1 aliphatic rings. The molecule has 1 aliphatic carbocycles. The molecule has 0 radical (unpaired) electrons. The van der Waals surface area contributed by atoms with Gasteiger partial charge in [0.25, 0.3) is 0 Å². The molecule has 3 rings (SSSR count). The monoisotopic (exact) mass is 462 g/mol. The van der Waals surface area contributed by atoms with Crippen molar-refractivity contribution < 1.29 is 0 Å². The van der Waals surface area contributed by atoms with Crippen molar-refractivity contribution in [1.82, 2.24) is 4.90 Å². The van der Waals surface area contributed by atoms with Gasteiger partial charge in [0.05, 0.1) is 0 Å². The van der Waals surface area contributed by atoms with Crippen molar-refractivity contribution in [3.8, 4) is 0 Å². The van der Waals surface area contributed by atoms with Crippen LogP contribution in [-0.2, 0) is 13.1 Å². The summed E-state index contributed by atoms with van der Waals surface area (Å²) in [6, 6.07) is 16.3. The van der Waals surface area contributed by atoms with Gasteiger partial charge in [0.1, 0.15) is 0 Å². The van der Waals surface area contributed by atoms with Gasteiger partial charge in [0.15, 0.2) is 0 Å². The van der Waals surface area contributed by atoms with E-state index in [0.717, 1.165) is 42.1 Å². The smallest absolute Gasteiger partial charge is 0.0451 e. The minimum Gasteiger partial charge on any atom is -0.330 e. The summed E-state index contributed by atoms with van der Waals surface area (Å²) in [6.45, 7) is 3.60. The molecule has 2 nitrogen and oxygen atoms in total. The van der Waals surface area contributed by atoms with Crippen LogP contribution in [0.15, 0.2) is 48.5 Å². The van der Waals surface area contributed by atoms with Crippen LogP contribution in [-0.4, -0.2) is 18.0 Å². The molecule has 0 atom stereocenters. The van der Waals surface area contributed by atoms with Gasteiger partial charge in [-0.15, -0.1) is 24.8 Å². The lowest BCUT2D eigenvalue weighted by Crippen LogP contribution is -2.32. The SMILES string of the molecule is Cl.Cl.NC[C@H]1CC[C@H](CN(Cc2ccccc2Cl)Cc2ccccc2Cl)CC1. The van der Waals surface area contributed by atoms with Crippen LogP contribution in [0.25, 0.3) is 0 Å². The third-order valence-electron chi connectivity index (χ3n) is 5.52. The van der Waals surface area contributed by atoms with Crippen LogP contribution in [0.1, 0.15) is 36.8 Å². The van der Waals surface area contributed by atoms with Crippen LogP contribution in [0.3, 0.4) is 0 Å². The number of rotatable bonds is 7. The lowest BCUT2D eigenvalue weighted by atomic mass is 9.82. The van der Waals surface area contributed by atoms with Crippen molar-refractivity contribution in [2.24, 2.45) is 17.6 Å². The van der Waals surface area contributed by atoms with Crippen LogP contribution < -0.4 is 5.73 Å². The molecule has 0 amide bonds. The van der Waals surface area contributed by atoms with Crippen molar-refractivity contribution >= 4 is 48.0 Å². The Bertz CT molecular complexity index is 655. The molecule has 1 saturated carbocycles. The third-order valence-corrected chi connectivity index (χ3v) is 6.26. The summed E-state index contributed by atoms with van der Waals surface area (Å²) in [6.07, 6.45) is 5.05. The Kier molecular flexibility index (Phi) is 11.8. The zero-order chi connectivity index (χ0) is 18.4. The van der Waals surface area contributed by atoms with Crippen molar-refractivity contribution in [2.45, 2.75) is 38.8 Å². The van der Waals surface area contributed by atoms with Gasteiger partial charge in [-0.25, -0.2) is 0 Å². The molecule has 2 aromatic rings. The summed E-state index contributed by atoms with van der Waals surface area (Å²) >= 11 is 12.8. The van der Waals surface area contributed by atoms with Gasteiger partial charge in [0, 0.05) is 29.7 Å². The first-order chi connectivity index (χ1) is 12.7. The van der Waals surface area contributed by atoms with Crippen LogP contribution in [0.2, 0.25) is 10.0 Å². The highest BCUT2D eigenvalue weighted by atomic mass is 35.5. The number of nitrogens with two attached hydrogens (primary N) is 1. The highest BCUT2D eigenvalue weighted by Crippen LogP contribution is 2.30. The van der Waals surface area contributed by atoms with Gasteiger partial charge >= 0.3 is 0 Å². The maximum atomic E-state index is 6.42. The van der Waals surface area contributed by atoms with Gasteiger partial charge in [0.2, 0.25) is 0 Å². The van der Waals surface area contributed by atoms with E-state index in [1.807, 2.05) is 24.3 Å². The first kappa shape index (κ1) is 25.6. The zero-order valence-corrected chi connectivity index (χ0v) is 19.2. The van der Waals surface area contributed by atoms with E-state index in [-0.39, 0.29) is 24.8 Å².